The standard InChI is InChI=1S/C8H10O2.Cl2O2S/c1-9-7-5-3-4-6-8(7)10-2;1-5(2,3)4/h3-6H,1-2H3;. The van der Waals surface area contributed by atoms with Gasteiger partial charge in [0.05, 0.1) is 14.2 Å². The van der Waals surface area contributed by atoms with E-state index < -0.39 is 8.26 Å². The zero-order valence-electron chi connectivity index (χ0n) is 8.11. The van der Waals surface area contributed by atoms with Gasteiger partial charge in [0.2, 0.25) is 0 Å². The summed E-state index contributed by atoms with van der Waals surface area (Å²) in [6, 6.07) is 7.53. The van der Waals surface area contributed by atoms with Crippen molar-refractivity contribution >= 4 is 29.6 Å². The molecule has 0 aliphatic heterocycles. The molecule has 0 heterocycles. The predicted molar refractivity (Wildman–Crippen MR) is 60.2 cm³/mol. The Morgan fingerprint density at radius 2 is 1.27 bits per heavy atom. The Morgan fingerprint density at radius 3 is 1.47 bits per heavy atom. The van der Waals surface area contributed by atoms with Crippen LogP contribution in [0.2, 0.25) is 0 Å². The fourth-order valence-electron chi connectivity index (χ4n) is 0.787. The van der Waals surface area contributed by atoms with Crippen molar-refractivity contribution in [1.82, 2.24) is 0 Å². The smallest absolute Gasteiger partial charge is 0.317 e. The summed E-state index contributed by atoms with van der Waals surface area (Å²) in [7, 11) is 8.06. The Balaban J connectivity index is 0.000000336. The molecule has 86 valence electrons. The summed E-state index contributed by atoms with van der Waals surface area (Å²) in [5.74, 6) is 1.54. The van der Waals surface area contributed by atoms with E-state index in [1.165, 1.54) is 0 Å². The molecular weight excluding hydrogens is 263 g/mol. The minimum atomic E-state index is -3.72. The first-order chi connectivity index (χ1) is 6.88. The van der Waals surface area contributed by atoms with Crippen LogP contribution in [-0.4, -0.2) is 22.6 Å². The van der Waals surface area contributed by atoms with Gasteiger partial charge in [0.25, 0.3) is 0 Å². The van der Waals surface area contributed by atoms with E-state index >= 15 is 0 Å². The molecule has 0 saturated heterocycles. The highest BCUT2D eigenvalue weighted by Gasteiger charge is 1.97. The highest BCUT2D eigenvalue weighted by atomic mass is 36.0. The Labute approximate surface area is 97.6 Å². The molecule has 1 aromatic carbocycles. The van der Waals surface area contributed by atoms with E-state index in [9.17, 15) is 0 Å². The van der Waals surface area contributed by atoms with Crippen molar-refractivity contribution in [1.29, 1.82) is 0 Å². The summed E-state index contributed by atoms with van der Waals surface area (Å²) >= 11 is 0. The molecule has 0 amide bonds. The molecule has 15 heavy (non-hydrogen) atoms. The van der Waals surface area contributed by atoms with Crippen LogP contribution in [0.4, 0.5) is 0 Å². The number of benzene rings is 1. The summed E-state index contributed by atoms with van der Waals surface area (Å²) in [4.78, 5) is 0. The van der Waals surface area contributed by atoms with Crippen molar-refractivity contribution in [2.75, 3.05) is 14.2 Å². The highest BCUT2D eigenvalue weighted by molar-refractivity contribution is 8.31. The first-order valence-electron chi connectivity index (χ1n) is 3.69. The summed E-state index contributed by atoms with van der Waals surface area (Å²) in [5.41, 5.74) is 0. The van der Waals surface area contributed by atoms with Gasteiger partial charge in [0.1, 0.15) is 0 Å². The van der Waals surface area contributed by atoms with E-state index in [-0.39, 0.29) is 0 Å². The van der Waals surface area contributed by atoms with Crippen molar-refractivity contribution < 1.29 is 17.9 Å². The zero-order chi connectivity index (χ0) is 11.9. The number of hydrogen-bond donors (Lipinski definition) is 0. The molecule has 0 aliphatic carbocycles. The highest BCUT2D eigenvalue weighted by Crippen LogP contribution is 2.24. The van der Waals surface area contributed by atoms with Crippen LogP contribution in [0.25, 0.3) is 0 Å². The van der Waals surface area contributed by atoms with E-state index in [0.717, 1.165) is 11.5 Å². The van der Waals surface area contributed by atoms with Crippen molar-refractivity contribution in [2.24, 2.45) is 0 Å². The molecular formula is C8H10Cl2O4S. The molecule has 0 radical (unpaired) electrons. The van der Waals surface area contributed by atoms with Crippen LogP contribution in [0, 0.1) is 0 Å². The van der Waals surface area contributed by atoms with Gasteiger partial charge in [0.15, 0.2) is 11.5 Å². The molecule has 0 aliphatic rings. The van der Waals surface area contributed by atoms with Gasteiger partial charge >= 0.3 is 8.26 Å². The fraction of sp³-hybridized carbons (Fsp3) is 0.250. The van der Waals surface area contributed by atoms with E-state index in [1.54, 1.807) is 14.2 Å². The Morgan fingerprint density at radius 1 is 1.00 bits per heavy atom. The molecule has 0 N–H and O–H groups in total. The average Bonchev–Trinajstić information content (AvgIpc) is 2.15. The fourth-order valence-corrected chi connectivity index (χ4v) is 0.787. The van der Waals surface area contributed by atoms with E-state index in [0.29, 0.717) is 0 Å². The maximum absolute atomic E-state index is 9.16. The second-order valence-corrected chi connectivity index (χ2v) is 5.90. The third kappa shape index (κ3) is 8.35. The average molecular weight is 273 g/mol. The lowest BCUT2D eigenvalue weighted by molar-refractivity contribution is 0.355. The zero-order valence-corrected chi connectivity index (χ0v) is 10.4. The van der Waals surface area contributed by atoms with Gasteiger partial charge in [-0.2, -0.15) is 8.42 Å². The van der Waals surface area contributed by atoms with Gasteiger partial charge in [-0.3, -0.25) is 0 Å². The molecule has 0 fully saturated rings. The van der Waals surface area contributed by atoms with Gasteiger partial charge in [-0.25, -0.2) is 0 Å². The van der Waals surface area contributed by atoms with Gasteiger partial charge in [-0.05, 0) is 12.1 Å². The third-order valence-corrected chi connectivity index (χ3v) is 1.29. The summed E-state index contributed by atoms with van der Waals surface area (Å²) in [6.45, 7) is 0. The predicted octanol–water partition coefficient (Wildman–Crippen LogP) is 2.41. The molecule has 0 bridgehead atoms. The van der Waals surface area contributed by atoms with Crippen LogP contribution in [0.3, 0.4) is 0 Å². The van der Waals surface area contributed by atoms with Gasteiger partial charge in [-0.15, -0.1) is 0 Å². The maximum atomic E-state index is 9.16. The second kappa shape index (κ2) is 6.76. The number of para-hydroxylation sites is 2. The van der Waals surface area contributed by atoms with Gasteiger partial charge in [0, 0.05) is 21.4 Å². The van der Waals surface area contributed by atoms with Crippen LogP contribution >= 0.6 is 21.4 Å². The Hall–Kier alpha value is -0.650. The first-order valence-corrected chi connectivity index (χ1v) is 6.83. The largest absolute Gasteiger partial charge is 0.493 e. The van der Waals surface area contributed by atoms with Gasteiger partial charge < -0.3 is 9.47 Å². The molecule has 0 atom stereocenters. The van der Waals surface area contributed by atoms with E-state index in [2.05, 4.69) is 21.4 Å². The number of halogens is 2. The molecule has 1 aromatic rings. The summed E-state index contributed by atoms with van der Waals surface area (Å²) in [5, 5.41) is 0. The molecule has 4 nitrogen and oxygen atoms in total. The van der Waals surface area contributed by atoms with Crippen LogP contribution in [-0.2, 0) is 8.26 Å². The van der Waals surface area contributed by atoms with Crippen LogP contribution in [0.15, 0.2) is 24.3 Å². The lowest BCUT2D eigenvalue weighted by Crippen LogP contribution is -1.88. The topological polar surface area (TPSA) is 52.6 Å². The molecule has 0 aromatic heterocycles. The molecule has 0 saturated carbocycles. The van der Waals surface area contributed by atoms with Crippen LogP contribution in [0.5, 0.6) is 11.5 Å². The van der Waals surface area contributed by atoms with Crippen LogP contribution in [0.1, 0.15) is 0 Å². The number of hydrogen-bond acceptors (Lipinski definition) is 4. The first kappa shape index (κ1) is 14.3. The minimum Gasteiger partial charge on any atom is -0.493 e. The van der Waals surface area contributed by atoms with Crippen LogP contribution < -0.4 is 9.47 Å². The van der Waals surface area contributed by atoms with E-state index in [1.807, 2.05) is 24.3 Å². The lowest BCUT2D eigenvalue weighted by atomic mass is 10.3. The van der Waals surface area contributed by atoms with E-state index in [4.69, 9.17) is 17.9 Å². The summed E-state index contributed by atoms with van der Waals surface area (Å²) in [6.07, 6.45) is 0. The third-order valence-electron chi connectivity index (χ3n) is 1.29. The molecule has 0 unspecified atom stereocenters. The molecule has 7 heteroatoms. The number of rotatable bonds is 2. The van der Waals surface area contributed by atoms with Gasteiger partial charge in [-0.1, -0.05) is 12.1 Å². The minimum absolute atomic E-state index is 0.769. The SMILES string of the molecule is COc1ccccc1OC.O=S(=O)(Cl)Cl. The quantitative estimate of drug-likeness (QED) is 0.776. The number of ether oxygens (including phenoxy) is 2. The Bertz CT molecular complexity index is 360. The normalized spacial score (nSPS) is 9.87. The Kier molecular flexibility index (Phi) is 6.47. The van der Waals surface area contributed by atoms with Crippen molar-refractivity contribution in [3.63, 3.8) is 0 Å². The van der Waals surface area contributed by atoms with Crippen molar-refractivity contribution in [3.05, 3.63) is 24.3 Å². The maximum Gasteiger partial charge on any atom is 0.317 e. The van der Waals surface area contributed by atoms with Crippen molar-refractivity contribution in [3.8, 4) is 11.5 Å². The number of methoxy groups -OCH3 is 2. The molecule has 1 rings (SSSR count). The monoisotopic (exact) mass is 272 g/mol. The summed E-state index contributed by atoms with van der Waals surface area (Å²) < 4.78 is 28.3. The van der Waals surface area contributed by atoms with Crippen molar-refractivity contribution in [2.45, 2.75) is 0 Å². The molecule has 0 spiro atoms. The lowest BCUT2D eigenvalue weighted by Gasteiger charge is -2.04. The second-order valence-electron chi connectivity index (χ2n) is 2.23.